The molecule has 0 amide bonds. The smallest absolute Gasteiger partial charge is 0.0342 e. The Morgan fingerprint density at radius 3 is 2.44 bits per heavy atom. The summed E-state index contributed by atoms with van der Waals surface area (Å²) in [7, 11) is 0. The Balaban J connectivity index is 2.22. The average molecular weight is 348 g/mol. The molecule has 52 valence electrons. The normalized spacial score (nSPS) is 56.7. The maximum Gasteiger partial charge on any atom is 0.0342 e. The van der Waals surface area contributed by atoms with E-state index in [2.05, 4.69) is 45.2 Å². The molecule has 0 aliphatic heterocycles. The van der Waals surface area contributed by atoms with Crippen LogP contribution >= 0.6 is 45.2 Å². The molecule has 2 bridgehead atoms. The lowest BCUT2D eigenvalue weighted by Gasteiger charge is -2.24. The summed E-state index contributed by atoms with van der Waals surface area (Å²) in [5.74, 6) is 1.10. The minimum atomic E-state index is 0.725. The third-order valence-electron chi connectivity index (χ3n) is 2.70. The molecule has 2 fully saturated rings. The van der Waals surface area contributed by atoms with E-state index in [0.717, 1.165) is 13.3 Å². The molecule has 0 radical (unpaired) electrons. The number of hydrogen-bond acceptors (Lipinski definition) is 0. The van der Waals surface area contributed by atoms with E-state index in [9.17, 15) is 0 Å². The first-order chi connectivity index (χ1) is 4.21. The van der Waals surface area contributed by atoms with Gasteiger partial charge in [0.1, 0.15) is 0 Å². The van der Waals surface area contributed by atoms with Gasteiger partial charge >= 0.3 is 0 Å². The zero-order chi connectivity index (χ0) is 6.48. The maximum atomic E-state index is 2.69. The van der Waals surface area contributed by atoms with Crippen LogP contribution in [0.5, 0.6) is 0 Å². The molecule has 0 aromatic rings. The summed E-state index contributed by atoms with van der Waals surface area (Å²) in [5.41, 5.74) is 0. The van der Waals surface area contributed by atoms with E-state index in [1.54, 1.807) is 0 Å². The van der Waals surface area contributed by atoms with Crippen molar-refractivity contribution in [2.24, 2.45) is 5.92 Å². The van der Waals surface area contributed by atoms with Gasteiger partial charge in [-0.1, -0.05) is 45.2 Å². The standard InChI is InChI=1S/C7H10I2/c8-6-3-5-1-2-7(6,9)4-5/h5-6H,1-4H2/t5-,6-,7+/m1/s1. The molecule has 2 saturated carbocycles. The van der Waals surface area contributed by atoms with Crippen LogP contribution in [0.3, 0.4) is 0 Å². The highest BCUT2D eigenvalue weighted by Gasteiger charge is 2.48. The van der Waals surface area contributed by atoms with Gasteiger partial charge in [-0.2, -0.15) is 0 Å². The lowest BCUT2D eigenvalue weighted by Crippen LogP contribution is -2.24. The van der Waals surface area contributed by atoms with Crippen LogP contribution < -0.4 is 0 Å². The SMILES string of the molecule is I[C@@H]1C[C@H]2CC[C@]1(I)C2. The Hall–Kier alpha value is 1.46. The number of alkyl halides is 2. The van der Waals surface area contributed by atoms with Gasteiger partial charge in [-0.3, -0.25) is 0 Å². The van der Waals surface area contributed by atoms with E-state index in [0.29, 0.717) is 0 Å². The highest BCUT2D eigenvalue weighted by Crippen LogP contribution is 2.56. The van der Waals surface area contributed by atoms with Crippen LogP contribution in [-0.2, 0) is 0 Å². The number of hydrogen-bond donors (Lipinski definition) is 0. The quantitative estimate of drug-likeness (QED) is 0.466. The van der Waals surface area contributed by atoms with Gasteiger partial charge in [0.05, 0.1) is 0 Å². The summed E-state index contributed by atoms with van der Waals surface area (Å²) >= 11 is 5.32. The van der Waals surface area contributed by atoms with Crippen molar-refractivity contribution < 1.29 is 0 Å². The molecular weight excluding hydrogens is 338 g/mol. The van der Waals surface area contributed by atoms with E-state index in [1.165, 1.54) is 25.7 Å². The van der Waals surface area contributed by atoms with Crippen molar-refractivity contribution in [2.45, 2.75) is 33.0 Å². The Morgan fingerprint density at radius 2 is 2.22 bits per heavy atom. The summed E-state index contributed by atoms with van der Waals surface area (Å²) in [6, 6.07) is 0. The molecule has 2 rings (SSSR count). The summed E-state index contributed by atoms with van der Waals surface area (Å²) in [6.07, 6.45) is 6.03. The van der Waals surface area contributed by atoms with Crippen LogP contribution in [0.15, 0.2) is 0 Å². The number of halogens is 2. The van der Waals surface area contributed by atoms with Crippen LogP contribution in [0.1, 0.15) is 25.7 Å². The van der Waals surface area contributed by atoms with Crippen molar-refractivity contribution in [3.63, 3.8) is 0 Å². The van der Waals surface area contributed by atoms with Crippen molar-refractivity contribution in [1.29, 1.82) is 0 Å². The average Bonchev–Trinajstić information content (AvgIpc) is 2.22. The molecule has 0 nitrogen and oxygen atoms in total. The maximum absolute atomic E-state index is 2.69. The third kappa shape index (κ3) is 1.04. The lowest BCUT2D eigenvalue weighted by molar-refractivity contribution is 0.524. The fourth-order valence-corrected chi connectivity index (χ4v) is 4.59. The molecule has 0 aromatic heterocycles. The first-order valence-corrected chi connectivity index (χ1v) is 5.86. The fraction of sp³-hybridized carbons (Fsp3) is 1.00. The van der Waals surface area contributed by atoms with Gasteiger partial charge in [-0.05, 0) is 31.6 Å². The third-order valence-corrected chi connectivity index (χ3v) is 7.32. The van der Waals surface area contributed by atoms with E-state index in [-0.39, 0.29) is 0 Å². The van der Waals surface area contributed by atoms with Crippen LogP contribution in [0.2, 0.25) is 0 Å². The molecule has 0 saturated heterocycles. The number of fused-ring (bicyclic) bond motifs is 2. The highest BCUT2D eigenvalue weighted by molar-refractivity contribution is 14.1. The molecular formula is C7H10I2. The molecule has 3 atom stereocenters. The molecule has 0 aromatic carbocycles. The zero-order valence-electron chi connectivity index (χ0n) is 5.24. The molecule has 0 heterocycles. The Bertz CT molecular complexity index is 135. The summed E-state index contributed by atoms with van der Waals surface area (Å²) < 4.78 is 1.71. The van der Waals surface area contributed by atoms with Crippen molar-refractivity contribution in [3.8, 4) is 0 Å². The number of rotatable bonds is 0. The van der Waals surface area contributed by atoms with E-state index in [1.807, 2.05) is 0 Å². The second kappa shape index (κ2) is 2.22. The Labute approximate surface area is 83.4 Å². The summed E-state index contributed by atoms with van der Waals surface area (Å²) in [4.78, 5) is 0. The van der Waals surface area contributed by atoms with Gasteiger partial charge in [0.15, 0.2) is 0 Å². The Kier molecular flexibility index (Phi) is 1.76. The van der Waals surface area contributed by atoms with Gasteiger partial charge in [-0.25, -0.2) is 0 Å². The molecule has 0 spiro atoms. The van der Waals surface area contributed by atoms with E-state index < -0.39 is 0 Å². The molecule has 2 heteroatoms. The van der Waals surface area contributed by atoms with Crippen molar-refractivity contribution in [3.05, 3.63) is 0 Å². The minimum Gasteiger partial charge on any atom is -0.0812 e. The molecule has 9 heavy (non-hydrogen) atoms. The van der Waals surface area contributed by atoms with Crippen molar-refractivity contribution in [2.75, 3.05) is 0 Å². The van der Waals surface area contributed by atoms with E-state index in [4.69, 9.17) is 0 Å². The predicted octanol–water partition coefficient (Wildman–Crippen LogP) is 3.17. The van der Waals surface area contributed by atoms with Crippen LogP contribution in [0.4, 0.5) is 0 Å². The highest BCUT2D eigenvalue weighted by atomic mass is 127. The molecule has 0 N–H and O–H groups in total. The van der Waals surface area contributed by atoms with Crippen LogP contribution in [0, 0.1) is 5.92 Å². The molecule has 2 aliphatic rings. The largest absolute Gasteiger partial charge is 0.0812 e. The van der Waals surface area contributed by atoms with Gasteiger partial charge in [-0.15, -0.1) is 0 Å². The first-order valence-electron chi connectivity index (χ1n) is 3.54. The predicted molar refractivity (Wildman–Crippen MR) is 56.5 cm³/mol. The minimum absolute atomic E-state index is 0.725. The van der Waals surface area contributed by atoms with Gasteiger partial charge < -0.3 is 0 Å². The second-order valence-corrected chi connectivity index (χ2v) is 7.00. The van der Waals surface area contributed by atoms with Crippen molar-refractivity contribution >= 4 is 45.2 Å². The molecule has 0 unspecified atom stereocenters. The Morgan fingerprint density at radius 1 is 1.44 bits per heavy atom. The zero-order valence-corrected chi connectivity index (χ0v) is 9.55. The first kappa shape index (κ1) is 7.13. The van der Waals surface area contributed by atoms with Crippen LogP contribution in [0.25, 0.3) is 0 Å². The van der Waals surface area contributed by atoms with Crippen molar-refractivity contribution in [1.82, 2.24) is 0 Å². The summed E-state index contributed by atoms with van der Waals surface area (Å²) in [5, 5.41) is 0. The van der Waals surface area contributed by atoms with Gasteiger partial charge in [0.2, 0.25) is 0 Å². The second-order valence-electron chi connectivity index (χ2n) is 3.35. The van der Waals surface area contributed by atoms with E-state index >= 15 is 0 Å². The topological polar surface area (TPSA) is 0 Å². The van der Waals surface area contributed by atoms with Crippen LogP contribution in [-0.4, -0.2) is 7.35 Å². The fourth-order valence-electron chi connectivity index (χ4n) is 2.12. The monoisotopic (exact) mass is 348 g/mol. The lowest BCUT2D eigenvalue weighted by atomic mass is 10.0. The van der Waals surface area contributed by atoms with Gasteiger partial charge in [0, 0.05) is 7.35 Å². The summed E-state index contributed by atoms with van der Waals surface area (Å²) in [6.45, 7) is 0. The molecule has 2 aliphatic carbocycles. The van der Waals surface area contributed by atoms with Gasteiger partial charge in [0.25, 0.3) is 0 Å².